The molecule has 3 nitrogen and oxygen atoms in total. The van der Waals surface area contributed by atoms with Gasteiger partial charge in [0.1, 0.15) is 11.5 Å². The molecule has 0 atom stereocenters. The van der Waals surface area contributed by atoms with Crippen molar-refractivity contribution in [2.45, 2.75) is 46.3 Å². The second kappa shape index (κ2) is 6.08. The molecule has 0 spiro atoms. The van der Waals surface area contributed by atoms with Gasteiger partial charge >= 0.3 is 0 Å². The maximum absolute atomic E-state index is 5.85. The normalized spacial score (nSPS) is 11.8. The standard InChI is InChI=1S/C15H24N2O/c1-7-8-17(6)11-13-9-12(2)14(18-13)10-16-15(3,4)5/h1,9,16H,8,10-11H2,2-6H3. The molecule has 100 valence electrons. The lowest BCUT2D eigenvalue weighted by Gasteiger charge is -2.19. The fraction of sp³-hybridized carbons (Fsp3) is 0.600. The summed E-state index contributed by atoms with van der Waals surface area (Å²) in [5, 5.41) is 3.43. The van der Waals surface area contributed by atoms with Crippen molar-refractivity contribution in [3.05, 3.63) is 23.2 Å². The second-order valence-electron chi connectivity index (χ2n) is 5.80. The first kappa shape index (κ1) is 14.8. The van der Waals surface area contributed by atoms with Crippen LogP contribution in [0.2, 0.25) is 0 Å². The molecule has 1 N–H and O–H groups in total. The Morgan fingerprint density at radius 1 is 1.44 bits per heavy atom. The molecular weight excluding hydrogens is 224 g/mol. The topological polar surface area (TPSA) is 28.4 Å². The van der Waals surface area contributed by atoms with E-state index in [-0.39, 0.29) is 5.54 Å². The molecule has 1 aromatic heterocycles. The van der Waals surface area contributed by atoms with Crippen molar-refractivity contribution < 1.29 is 4.42 Å². The Bertz CT molecular complexity index is 421. The maximum Gasteiger partial charge on any atom is 0.120 e. The van der Waals surface area contributed by atoms with Crippen molar-refractivity contribution >= 4 is 0 Å². The molecule has 0 unspecified atom stereocenters. The molecule has 0 saturated heterocycles. The molecule has 0 aromatic carbocycles. The number of rotatable bonds is 5. The Balaban J connectivity index is 2.62. The van der Waals surface area contributed by atoms with Crippen LogP contribution in [0.4, 0.5) is 0 Å². The molecule has 0 bridgehead atoms. The first-order valence-electron chi connectivity index (χ1n) is 6.27. The Hall–Kier alpha value is -1.24. The first-order valence-corrected chi connectivity index (χ1v) is 6.27. The lowest BCUT2D eigenvalue weighted by Crippen LogP contribution is -2.35. The van der Waals surface area contributed by atoms with Crippen LogP contribution in [-0.2, 0) is 13.1 Å². The maximum atomic E-state index is 5.85. The molecule has 18 heavy (non-hydrogen) atoms. The van der Waals surface area contributed by atoms with Gasteiger partial charge in [0.2, 0.25) is 0 Å². The van der Waals surface area contributed by atoms with Crippen molar-refractivity contribution in [2.24, 2.45) is 0 Å². The van der Waals surface area contributed by atoms with Crippen molar-refractivity contribution in [3.63, 3.8) is 0 Å². The lowest BCUT2D eigenvalue weighted by molar-refractivity contribution is 0.312. The number of nitrogens with one attached hydrogen (secondary N) is 1. The van der Waals surface area contributed by atoms with E-state index in [1.807, 2.05) is 7.05 Å². The molecule has 1 aromatic rings. The first-order chi connectivity index (χ1) is 8.31. The highest BCUT2D eigenvalue weighted by atomic mass is 16.3. The number of terminal acetylenes is 1. The Morgan fingerprint density at radius 3 is 2.67 bits per heavy atom. The molecular formula is C15H24N2O. The zero-order chi connectivity index (χ0) is 13.8. The van der Waals surface area contributed by atoms with Gasteiger partial charge in [-0.25, -0.2) is 0 Å². The summed E-state index contributed by atoms with van der Waals surface area (Å²) in [5.74, 6) is 4.60. The average Bonchev–Trinajstić information content (AvgIpc) is 2.55. The Labute approximate surface area is 111 Å². The van der Waals surface area contributed by atoms with E-state index in [9.17, 15) is 0 Å². The summed E-state index contributed by atoms with van der Waals surface area (Å²) in [6.07, 6.45) is 5.28. The van der Waals surface area contributed by atoms with Crippen LogP contribution in [0.1, 0.15) is 37.9 Å². The highest BCUT2D eigenvalue weighted by Gasteiger charge is 2.13. The van der Waals surface area contributed by atoms with Gasteiger partial charge in [0, 0.05) is 5.54 Å². The van der Waals surface area contributed by atoms with Crippen molar-refractivity contribution in [1.29, 1.82) is 0 Å². The largest absolute Gasteiger partial charge is 0.463 e. The third kappa shape index (κ3) is 4.95. The van der Waals surface area contributed by atoms with Gasteiger partial charge in [-0.1, -0.05) is 5.92 Å². The summed E-state index contributed by atoms with van der Waals surface area (Å²) in [6.45, 7) is 10.7. The van der Waals surface area contributed by atoms with Crippen LogP contribution in [0.15, 0.2) is 10.5 Å². The van der Waals surface area contributed by atoms with Crippen molar-refractivity contribution in [3.8, 4) is 12.3 Å². The van der Waals surface area contributed by atoms with E-state index in [1.165, 1.54) is 5.56 Å². The van der Waals surface area contributed by atoms with Gasteiger partial charge in [0.25, 0.3) is 0 Å². The molecule has 0 aliphatic rings. The Kier molecular flexibility index (Phi) is 5.01. The van der Waals surface area contributed by atoms with Gasteiger partial charge in [-0.15, -0.1) is 6.42 Å². The summed E-state index contributed by atoms with van der Waals surface area (Å²) in [5.41, 5.74) is 1.29. The average molecular weight is 248 g/mol. The third-order valence-electron chi connectivity index (χ3n) is 2.64. The number of furan rings is 1. The van der Waals surface area contributed by atoms with E-state index in [2.05, 4.69) is 49.9 Å². The lowest BCUT2D eigenvalue weighted by atomic mass is 10.1. The summed E-state index contributed by atoms with van der Waals surface area (Å²) in [6, 6.07) is 2.09. The Morgan fingerprint density at radius 2 is 2.11 bits per heavy atom. The highest BCUT2D eigenvalue weighted by molar-refractivity contribution is 5.20. The van der Waals surface area contributed by atoms with E-state index >= 15 is 0 Å². The van der Waals surface area contributed by atoms with Crippen LogP contribution in [0.25, 0.3) is 0 Å². The van der Waals surface area contributed by atoms with Gasteiger partial charge in [-0.05, 0) is 46.4 Å². The summed E-state index contributed by atoms with van der Waals surface area (Å²) < 4.78 is 5.85. The molecule has 3 heteroatoms. The molecule has 0 saturated carbocycles. The SMILES string of the molecule is C#CCN(C)Cc1cc(C)c(CNC(C)(C)C)o1. The zero-order valence-corrected chi connectivity index (χ0v) is 12.1. The fourth-order valence-corrected chi connectivity index (χ4v) is 1.67. The van der Waals surface area contributed by atoms with Crippen LogP contribution < -0.4 is 5.32 Å². The minimum Gasteiger partial charge on any atom is -0.463 e. The van der Waals surface area contributed by atoms with Crippen molar-refractivity contribution in [1.82, 2.24) is 10.2 Å². The van der Waals surface area contributed by atoms with Crippen LogP contribution >= 0.6 is 0 Å². The highest BCUT2D eigenvalue weighted by Crippen LogP contribution is 2.16. The molecule has 0 amide bonds. The minimum atomic E-state index is 0.0969. The molecule has 1 rings (SSSR count). The van der Waals surface area contributed by atoms with E-state index in [1.54, 1.807) is 0 Å². The van der Waals surface area contributed by atoms with E-state index in [4.69, 9.17) is 10.8 Å². The predicted octanol–water partition coefficient (Wildman–Crippen LogP) is 2.54. The van der Waals surface area contributed by atoms with Gasteiger partial charge in [-0.3, -0.25) is 4.90 Å². The smallest absolute Gasteiger partial charge is 0.120 e. The summed E-state index contributed by atoms with van der Waals surface area (Å²) >= 11 is 0. The van der Waals surface area contributed by atoms with Gasteiger partial charge < -0.3 is 9.73 Å². The molecule has 0 aliphatic carbocycles. The number of hydrogen-bond donors (Lipinski definition) is 1. The van der Waals surface area contributed by atoms with Gasteiger partial charge in [0.05, 0.1) is 19.6 Å². The number of nitrogens with zero attached hydrogens (tertiary/aromatic N) is 1. The third-order valence-corrected chi connectivity index (χ3v) is 2.64. The monoisotopic (exact) mass is 248 g/mol. The van der Waals surface area contributed by atoms with Crippen LogP contribution in [-0.4, -0.2) is 24.0 Å². The number of hydrogen-bond acceptors (Lipinski definition) is 3. The van der Waals surface area contributed by atoms with Gasteiger partial charge in [-0.2, -0.15) is 0 Å². The summed E-state index contributed by atoms with van der Waals surface area (Å²) in [4.78, 5) is 2.05. The molecule has 0 fully saturated rings. The van der Waals surface area contributed by atoms with Crippen LogP contribution in [0, 0.1) is 19.3 Å². The van der Waals surface area contributed by atoms with Crippen molar-refractivity contribution in [2.75, 3.05) is 13.6 Å². The van der Waals surface area contributed by atoms with Gasteiger partial charge in [0.15, 0.2) is 0 Å². The fourth-order valence-electron chi connectivity index (χ4n) is 1.67. The van der Waals surface area contributed by atoms with Crippen LogP contribution in [0.3, 0.4) is 0 Å². The second-order valence-corrected chi connectivity index (χ2v) is 5.80. The predicted molar refractivity (Wildman–Crippen MR) is 75.2 cm³/mol. The quantitative estimate of drug-likeness (QED) is 0.812. The minimum absolute atomic E-state index is 0.0969. The zero-order valence-electron chi connectivity index (χ0n) is 12.1. The van der Waals surface area contributed by atoms with E-state index in [0.29, 0.717) is 6.54 Å². The summed E-state index contributed by atoms with van der Waals surface area (Å²) in [7, 11) is 1.99. The molecule has 1 heterocycles. The number of aryl methyl sites for hydroxylation is 1. The molecule has 0 aliphatic heterocycles. The van der Waals surface area contributed by atoms with E-state index < -0.39 is 0 Å². The van der Waals surface area contributed by atoms with E-state index in [0.717, 1.165) is 24.6 Å². The van der Waals surface area contributed by atoms with Crippen LogP contribution in [0.5, 0.6) is 0 Å². The molecule has 0 radical (unpaired) electrons.